The molecule has 2 N–H and O–H groups in total. The maximum absolute atomic E-state index is 12.6. The van der Waals surface area contributed by atoms with Crippen molar-refractivity contribution < 1.29 is 14.3 Å². The van der Waals surface area contributed by atoms with E-state index in [9.17, 15) is 4.79 Å². The third-order valence-electron chi connectivity index (χ3n) is 4.41. The number of anilines is 2. The monoisotopic (exact) mass is 413 g/mol. The fourth-order valence-corrected chi connectivity index (χ4v) is 3.18. The molecule has 1 aliphatic rings. The van der Waals surface area contributed by atoms with Gasteiger partial charge in [0, 0.05) is 18.7 Å². The number of hydrogen-bond acceptors (Lipinski definition) is 5. The number of thiocarbonyl (C=S) groups is 1. The first-order valence-corrected chi connectivity index (χ1v) is 10.2. The molecular formula is C22H27N3O3S. The van der Waals surface area contributed by atoms with Gasteiger partial charge in [-0.1, -0.05) is 32.0 Å². The Morgan fingerprint density at radius 3 is 2.69 bits per heavy atom. The minimum absolute atomic E-state index is 0.254. The average molecular weight is 414 g/mol. The molecule has 1 heterocycles. The first-order valence-electron chi connectivity index (χ1n) is 9.80. The SMILES string of the molecule is CC(C)COc1cccc(C(=O)NC(=S)Nc2ccccc2N2CCOCC2)c1. The molecule has 0 unspecified atom stereocenters. The van der Waals surface area contributed by atoms with Crippen molar-refractivity contribution in [2.24, 2.45) is 5.92 Å². The fraction of sp³-hybridized carbons (Fsp3) is 0.364. The Labute approximate surface area is 177 Å². The minimum atomic E-state index is -0.277. The third kappa shape index (κ3) is 6.17. The van der Waals surface area contributed by atoms with Crippen molar-refractivity contribution >= 4 is 34.6 Å². The number of rotatable bonds is 6. The number of nitrogens with zero attached hydrogens (tertiary/aromatic N) is 1. The number of ether oxygens (including phenoxy) is 2. The summed E-state index contributed by atoms with van der Waals surface area (Å²) in [5.74, 6) is 0.806. The van der Waals surface area contributed by atoms with E-state index < -0.39 is 0 Å². The largest absolute Gasteiger partial charge is 0.493 e. The van der Waals surface area contributed by atoms with Crippen LogP contribution in [-0.2, 0) is 4.74 Å². The Morgan fingerprint density at radius 2 is 1.93 bits per heavy atom. The lowest BCUT2D eigenvalue weighted by Crippen LogP contribution is -2.38. The summed E-state index contributed by atoms with van der Waals surface area (Å²) < 4.78 is 11.1. The van der Waals surface area contributed by atoms with Crippen molar-refractivity contribution in [2.75, 3.05) is 43.1 Å². The van der Waals surface area contributed by atoms with Crippen LogP contribution in [0.2, 0.25) is 0 Å². The van der Waals surface area contributed by atoms with Crippen molar-refractivity contribution in [3.05, 3.63) is 54.1 Å². The molecule has 1 fully saturated rings. The molecule has 0 atom stereocenters. The van der Waals surface area contributed by atoms with Crippen molar-refractivity contribution in [2.45, 2.75) is 13.8 Å². The van der Waals surface area contributed by atoms with Crippen molar-refractivity contribution in [1.29, 1.82) is 0 Å². The predicted octanol–water partition coefficient (Wildman–Crippen LogP) is 3.68. The number of carbonyl (C=O) groups is 1. The van der Waals surface area contributed by atoms with E-state index in [1.54, 1.807) is 18.2 Å². The van der Waals surface area contributed by atoms with Crippen LogP contribution in [0.4, 0.5) is 11.4 Å². The topological polar surface area (TPSA) is 62.8 Å². The van der Waals surface area contributed by atoms with E-state index in [2.05, 4.69) is 29.4 Å². The van der Waals surface area contributed by atoms with E-state index in [1.807, 2.05) is 30.3 Å². The summed E-state index contributed by atoms with van der Waals surface area (Å²) in [5, 5.41) is 6.15. The van der Waals surface area contributed by atoms with Crippen LogP contribution in [0, 0.1) is 5.92 Å². The Kier molecular flexibility index (Phi) is 7.43. The van der Waals surface area contributed by atoms with Gasteiger partial charge in [-0.2, -0.15) is 0 Å². The maximum Gasteiger partial charge on any atom is 0.257 e. The van der Waals surface area contributed by atoms with E-state index >= 15 is 0 Å². The zero-order chi connectivity index (χ0) is 20.6. The van der Waals surface area contributed by atoms with Gasteiger partial charge in [0.05, 0.1) is 31.2 Å². The van der Waals surface area contributed by atoms with Gasteiger partial charge in [-0.05, 0) is 48.5 Å². The highest BCUT2D eigenvalue weighted by Gasteiger charge is 2.16. The van der Waals surface area contributed by atoms with Crippen LogP contribution in [0.15, 0.2) is 48.5 Å². The highest BCUT2D eigenvalue weighted by molar-refractivity contribution is 7.80. The lowest BCUT2D eigenvalue weighted by Gasteiger charge is -2.30. The molecular weight excluding hydrogens is 386 g/mol. The molecule has 1 aliphatic heterocycles. The second-order valence-corrected chi connectivity index (χ2v) is 7.67. The first-order chi connectivity index (χ1) is 14.0. The van der Waals surface area contributed by atoms with Crippen molar-refractivity contribution in [1.82, 2.24) is 5.32 Å². The van der Waals surface area contributed by atoms with Crippen LogP contribution in [-0.4, -0.2) is 43.9 Å². The van der Waals surface area contributed by atoms with Crippen LogP contribution in [0.5, 0.6) is 5.75 Å². The lowest BCUT2D eigenvalue weighted by atomic mass is 10.2. The first kappa shape index (κ1) is 21.1. The molecule has 0 aliphatic carbocycles. The second-order valence-electron chi connectivity index (χ2n) is 7.26. The molecule has 2 aromatic rings. The van der Waals surface area contributed by atoms with E-state index in [0.29, 0.717) is 37.1 Å². The van der Waals surface area contributed by atoms with Crippen LogP contribution >= 0.6 is 12.2 Å². The van der Waals surface area contributed by atoms with E-state index in [1.165, 1.54) is 0 Å². The highest BCUT2D eigenvalue weighted by atomic mass is 32.1. The molecule has 3 rings (SSSR count). The molecule has 0 spiro atoms. The van der Waals surface area contributed by atoms with Crippen molar-refractivity contribution in [3.8, 4) is 5.75 Å². The zero-order valence-electron chi connectivity index (χ0n) is 16.8. The molecule has 1 amide bonds. The van der Waals surface area contributed by atoms with Gasteiger partial charge in [-0.25, -0.2) is 0 Å². The second kappa shape index (κ2) is 10.2. The molecule has 0 saturated carbocycles. The summed E-state index contributed by atoms with van der Waals surface area (Å²) >= 11 is 5.37. The van der Waals surface area contributed by atoms with Gasteiger partial charge >= 0.3 is 0 Å². The number of benzene rings is 2. The van der Waals surface area contributed by atoms with E-state index in [0.717, 1.165) is 24.5 Å². The molecule has 6 nitrogen and oxygen atoms in total. The Hall–Kier alpha value is -2.64. The number of nitrogens with one attached hydrogen (secondary N) is 2. The zero-order valence-corrected chi connectivity index (χ0v) is 17.6. The molecule has 154 valence electrons. The minimum Gasteiger partial charge on any atom is -0.493 e. The standard InChI is InChI=1S/C22H27N3O3S/c1-16(2)15-28-18-7-5-6-17(14-18)21(26)24-22(29)23-19-8-3-4-9-20(19)25-10-12-27-13-11-25/h3-9,14,16H,10-13,15H2,1-2H3,(H2,23,24,26,29). The normalized spacial score (nSPS) is 13.8. The summed E-state index contributed by atoms with van der Waals surface area (Å²) in [4.78, 5) is 14.8. The molecule has 0 bridgehead atoms. The Balaban J connectivity index is 1.62. The smallest absolute Gasteiger partial charge is 0.257 e. The quantitative estimate of drug-likeness (QED) is 0.705. The summed E-state index contributed by atoms with van der Waals surface area (Å²) in [5.41, 5.74) is 2.39. The molecule has 0 aromatic heterocycles. The summed E-state index contributed by atoms with van der Waals surface area (Å²) in [6.45, 7) is 7.80. The van der Waals surface area contributed by atoms with Crippen LogP contribution in [0.3, 0.4) is 0 Å². The van der Waals surface area contributed by atoms with Gasteiger partial charge in [0.2, 0.25) is 0 Å². The van der Waals surface area contributed by atoms with E-state index in [4.69, 9.17) is 21.7 Å². The van der Waals surface area contributed by atoms with Crippen LogP contribution in [0.25, 0.3) is 0 Å². The molecule has 0 radical (unpaired) electrons. The van der Waals surface area contributed by atoms with Crippen LogP contribution < -0.4 is 20.3 Å². The van der Waals surface area contributed by atoms with Gasteiger partial charge in [-0.15, -0.1) is 0 Å². The average Bonchev–Trinajstić information content (AvgIpc) is 2.73. The van der Waals surface area contributed by atoms with Gasteiger partial charge in [0.25, 0.3) is 5.91 Å². The van der Waals surface area contributed by atoms with Gasteiger partial charge in [0.1, 0.15) is 5.75 Å². The number of carbonyl (C=O) groups excluding carboxylic acids is 1. The number of morpholine rings is 1. The third-order valence-corrected chi connectivity index (χ3v) is 4.61. The lowest BCUT2D eigenvalue weighted by molar-refractivity contribution is 0.0977. The van der Waals surface area contributed by atoms with Crippen LogP contribution in [0.1, 0.15) is 24.2 Å². The number of hydrogen-bond donors (Lipinski definition) is 2. The molecule has 29 heavy (non-hydrogen) atoms. The van der Waals surface area contributed by atoms with Gasteiger partial charge in [0.15, 0.2) is 5.11 Å². The predicted molar refractivity (Wildman–Crippen MR) is 120 cm³/mol. The Bertz CT molecular complexity index is 851. The Morgan fingerprint density at radius 1 is 1.17 bits per heavy atom. The van der Waals surface area contributed by atoms with Gasteiger partial charge < -0.3 is 19.7 Å². The summed E-state index contributed by atoms with van der Waals surface area (Å²) in [7, 11) is 0. The summed E-state index contributed by atoms with van der Waals surface area (Å²) in [6, 6.07) is 15.0. The molecule has 2 aromatic carbocycles. The fourth-order valence-electron chi connectivity index (χ4n) is 2.98. The highest BCUT2D eigenvalue weighted by Crippen LogP contribution is 2.26. The summed E-state index contributed by atoms with van der Waals surface area (Å²) in [6.07, 6.45) is 0. The molecule has 1 saturated heterocycles. The van der Waals surface area contributed by atoms with Crippen molar-refractivity contribution in [3.63, 3.8) is 0 Å². The van der Waals surface area contributed by atoms with E-state index in [-0.39, 0.29) is 11.0 Å². The number of para-hydroxylation sites is 2. The number of amides is 1. The molecule has 7 heteroatoms. The van der Waals surface area contributed by atoms with Gasteiger partial charge in [-0.3, -0.25) is 10.1 Å². The maximum atomic E-state index is 12.6.